The van der Waals surface area contributed by atoms with Crippen LogP contribution in [0.4, 0.5) is 16.4 Å². The van der Waals surface area contributed by atoms with Crippen LogP contribution in [0.1, 0.15) is 41.1 Å². The number of ether oxygens (including phenoxy) is 1. The number of carbonyl (C=O) groups excluding carboxylic acids is 2. The van der Waals surface area contributed by atoms with Gasteiger partial charge in [-0.3, -0.25) is 4.79 Å². The molecule has 0 saturated carbocycles. The number of nitrogens with zero attached hydrogens (tertiary/aromatic N) is 1. The maximum Gasteiger partial charge on any atom is 0.341 e. The number of methoxy groups -OCH3 is 1. The molecule has 0 aliphatic heterocycles. The molecule has 1 aliphatic carbocycles. The average Bonchev–Trinajstić information content (AvgIpc) is 3.03. The molecule has 3 rings (SSSR count). The second-order valence-corrected chi connectivity index (χ2v) is 8.76. The molecule has 154 valence electrons. The number of thiophene rings is 1. The summed E-state index contributed by atoms with van der Waals surface area (Å²) in [5.74, 6) is 0.240. The quantitative estimate of drug-likeness (QED) is 0.551. The van der Waals surface area contributed by atoms with Crippen molar-refractivity contribution >= 4 is 56.9 Å². The monoisotopic (exact) mass is 431 g/mol. The molecular weight excluding hydrogens is 406 g/mol. The van der Waals surface area contributed by atoms with Gasteiger partial charge >= 0.3 is 5.97 Å². The van der Waals surface area contributed by atoms with Crippen LogP contribution in [0.2, 0.25) is 0 Å². The Morgan fingerprint density at radius 2 is 1.93 bits per heavy atom. The molecule has 1 aromatic heterocycles. The van der Waals surface area contributed by atoms with Crippen molar-refractivity contribution in [3.63, 3.8) is 0 Å². The molecule has 1 unspecified atom stereocenters. The van der Waals surface area contributed by atoms with Gasteiger partial charge in [-0.15, -0.1) is 11.3 Å². The van der Waals surface area contributed by atoms with Crippen LogP contribution in [0.25, 0.3) is 0 Å². The van der Waals surface area contributed by atoms with Gasteiger partial charge in [0, 0.05) is 30.2 Å². The van der Waals surface area contributed by atoms with E-state index in [1.54, 1.807) is 23.3 Å². The third kappa shape index (κ3) is 4.76. The molecular formula is C21H25N3O3S2. The number of rotatable bonds is 4. The predicted molar refractivity (Wildman–Crippen MR) is 122 cm³/mol. The number of amides is 1. The van der Waals surface area contributed by atoms with Gasteiger partial charge in [0.2, 0.25) is 5.91 Å². The maximum atomic E-state index is 12.4. The second kappa shape index (κ2) is 8.92. The zero-order chi connectivity index (χ0) is 21.1. The van der Waals surface area contributed by atoms with Crippen LogP contribution in [-0.4, -0.2) is 31.1 Å². The zero-order valence-corrected chi connectivity index (χ0v) is 18.6. The summed E-state index contributed by atoms with van der Waals surface area (Å²) in [6.07, 6.45) is 2.92. The predicted octanol–water partition coefficient (Wildman–Crippen LogP) is 4.45. The molecule has 0 bridgehead atoms. The van der Waals surface area contributed by atoms with Gasteiger partial charge in [0.05, 0.1) is 12.7 Å². The third-order valence-corrected chi connectivity index (χ3v) is 6.49. The normalized spacial score (nSPS) is 15.2. The van der Waals surface area contributed by atoms with Crippen LogP contribution in [0, 0.1) is 5.92 Å². The minimum atomic E-state index is -0.334. The van der Waals surface area contributed by atoms with E-state index >= 15 is 0 Å². The van der Waals surface area contributed by atoms with E-state index in [9.17, 15) is 9.59 Å². The molecule has 1 heterocycles. The molecule has 8 heteroatoms. The van der Waals surface area contributed by atoms with Gasteiger partial charge in [0.15, 0.2) is 5.11 Å². The summed E-state index contributed by atoms with van der Waals surface area (Å²) in [4.78, 5) is 26.7. The molecule has 1 aromatic carbocycles. The van der Waals surface area contributed by atoms with Crippen LogP contribution >= 0.6 is 23.6 Å². The second-order valence-electron chi connectivity index (χ2n) is 7.25. The van der Waals surface area contributed by atoms with Crippen LogP contribution < -0.4 is 15.5 Å². The first-order valence-electron chi connectivity index (χ1n) is 9.45. The number of carbonyl (C=O) groups is 2. The fourth-order valence-electron chi connectivity index (χ4n) is 3.37. The fourth-order valence-corrected chi connectivity index (χ4v) is 5.06. The molecule has 6 nitrogen and oxygen atoms in total. The standard InChI is InChI=1S/C21H25N3O3S2/c1-12-5-10-16-17(11-12)29-19(18(16)20(26)27-4)23-21(28)22-14-6-8-15(9-7-14)24(3)13(2)25/h6-9,12H,5,10-11H2,1-4H3,(H2,22,23,28). The Balaban J connectivity index is 1.75. The molecule has 1 aliphatic rings. The first-order valence-corrected chi connectivity index (χ1v) is 10.7. The van der Waals surface area contributed by atoms with E-state index < -0.39 is 0 Å². The van der Waals surface area contributed by atoms with Crippen molar-refractivity contribution < 1.29 is 14.3 Å². The van der Waals surface area contributed by atoms with E-state index in [1.165, 1.54) is 18.9 Å². The van der Waals surface area contributed by atoms with Crippen LogP contribution in [0.3, 0.4) is 0 Å². The highest BCUT2D eigenvalue weighted by Gasteiger charge is 2.28. The summed E-state index contributed by atoms with van der Waals surface area (Å²) in [7, 11) is 3.13. The van der Waals surface area contributed by atoms with Crippen molar-refractivity contribution in [2.75, 3.05) is 29.7 Å². The van der Waals surface area contributed by atoms with Crippen molar-refractivity contribution in [3.05, 3.63) is 40.3 Å². The lowest BCUT2D eigenvalue weighted by Crippen LogP contribution is -2.23. The van der Waals surface area contributed by atoms with E-state index in [1.807, 2.05) is 24.3 Å². The summed E-state index contributed by atoms with van der Waals surface area (Å²) in [5.41, 5.74) is 3.27. The summed E-state index contributed by atoms with van der Waals surface area (Å²) in [6.45, 7) is 3.75. The van der Waals surface area contributed by atoms with Gasteiger partial charge in [0.1, 0.15) is 5.00 Å². The summed E-state index contributed by atoms with van der Waals surface area (Å²) in [5, 5.41) is 7.43. The van der Waals surface area contributed by atoms with E-state index in [0.29, 0.717) is 16.6 Å². The SMILES string of the molecule is COC(=O)c1c(NC(=S)Nc2ccc(N(C)C(C)=O)cc2)sc2c1CCC(C)C2. The lowest BCUT2D eigenvalue weighted by Gasteiger charge is -2.18. The average molecular weight is 432 g/mol. The van der Waals surface area contributed by atoms with Gasteiger partial charge in [-0.05, 0) is 67.2 Å². The Labute approximate surface area is 180 Å². The number of nitrogens with one attached hydrogen (secondary N) is 2. The third-order valence-electron chi connectivity index (χ3n) is 5.11. The largest absolute Gasteiger partial charge is 0.465 e. The number of thiocarbonyl (C=S) groups is 1. The van der Waals surface area contributed by atoms with E-state index in [-0.39, 0.29) is 11.9 Å². The summed E-state index contributed by atoms with van der Waals surface area (Å²) in [6, 6.07) is 7.39. The minimum Gasteiger partial charge on any atom is -0.465 e. The number of benzene rings is 1. The van der Waals surface area contributed by atoms with Gasteiger partial charge in [-0.25, -0.2) is 4.79 Å². The Morgan fingerprint density at radius 3 is 2.55 bits per heavy atom. The topological polar surface area (TPSA) is 70.7 Å². The van der Waals surface area contributed by atoms with Crippen molar-refractivity contribution in [2.45, 2.75) is 33.1 Å². The fraction of sp³-hybridized carbons (Fsp3) is 0.381. The maximum absolute atomic E-state index is 12.4. The lowest BCUT2D eigenvalue weighted by molar-refractivity contribution is -0.116. The molecule has 29 heavy (non-hydrogen) atoms. The van der Waals surface area contributed by atoms with E-state index in [4.69, 9.17) is 17.0 Å². The number of esters is 1. The highest BCUT2D eigenvalue weighted by atomic mass is 32.1. The molecule has 0 fully saturated rings. The lowest BCUT2D eigenvalue weighted by atomic mass is 9.88. The van der Waals surface area contributed by atoms with Crippen molar-refractivity contribution in [3.8, 4) is 0 Å². The number of hydrogen-bond acceptors (Lipinski definition) is 5. The van der Waals surface area contributed by atoms with Gasteiger partial charge < -0.3 is 20.3 Å². The molecule has 0 radical (unpaired) electrons. The van der Waals surface area contributed by atoms with E-state index in [0.717, 1.165) is 41.2 Å². The Morgan fingerprint density at radius 1 is 1.24 bits per heavy atom. The molecule has 2 aromatic rings. The van der Waals surface area contributed by atoms with Gasteiger partial charge in [0.25, 0.3) is 0 Å². The van der Waals surface area contributed by atoms with Crippen LogP contribution in [-0.2, 0) is 22.4 Å². The first kappa shape index (κ1) is 21.3. The van der Waals surface area contributed by atoms with Crippen molar-refractivity contribution in [1.82, 2.24) is 0 Å². The number of anilines is 3. The summed E-state index contributed by atoms with van der Waals surface area (Å²) >= 11 is 7.03. The Hall–Kier alpha value is -2.45. The van der Waals surface area contributed by atoms with Gasteiger partial charge in [-0.1, -0.05) is 6.92 Å². The molecule has 0 spiro atoms. The molecule has 0 saturated heterocycles. The smallest absolute Gasteiger partial charge is 0.341 e. The number of fused-ring (bicyclic) bond motifs is 1. The Kier molecular flexibility index (Phi) is 6.54. The first-order chi connectivity index (χ1) is 13.8. The molecule has 1 atom stereocenters. The molecule has 2 N–H and O–H groups in total. The van der Waals surface area contributed by atoms with E-state index in [2.05, 4.69) is 17.6 Å². The molecule has 1 amide bonds. The van der Waals surface area contributed by atoms with Crippen molar-refractivity contribution in [1.29, 1.82) is 0 Å². The van der Waals surface area contributed by atoms with Crippen LogP contribution in [0.15, 0.2) is 24.3 Å². The van der Waals surface area contributed by atoms with Gasteiger partial charge in [-0.2, -0.15) is 0 Å². The van der Waals surface area contributed by atoms with Crippen molar-refractivity contribution in [2.24, 2.45) is 5.92 Å². The zero-order valence-electron chi connectivity index (χ0n) is 17.0. The Bertz CT molecular complexity index is 937. The highest BCUT2D eigenvalue weighted by Crippen LogP contribution is 2.40. The minimum absolute atomic E-state index is 0.0331. The summed E-state index contributed by atoms with van der Waals surface area (Å²) < 4.78 is 5.01. The van der Waals surface area contributed by atoms with Crippen LogP contribution in [0.5, 0.6) is 0 Å². The highest BCUT2D eigenvalue weighted by molar-refractivity contribution is 7.80. The number of hydrogen-bond donors (Lipinski definition) is 2.